The molecule has 9 heteroatoms. The molecule has 1 heterocycles. The van der Waals surface area contributed by atoms with E-state index in [1.807, 2.05) is 0 Å². The zero-order chi connectivity index (χ0) is 14.5. The smallest absolute Gasteiger partial charge is 0.293 e. The normalized spacial score (nSPS) is 10.5. The van der Waals surface area contributed by atoms with Crippen LogP contribution in [0, 0.1) is 15.9 Å². The molecule has 0 spiro atoms. The van der Waals surface area contributed by atoms with Crippen molar-refractivity contribution < 1.29 is 9.31 Å². The highest BCUT2D eigenvalue weighted by Crippen LogP contribution is 2.30. The van der Waals surface area contributed by atoms with Crippen LogP contribution in [0.1, 0.15) is 6.42 Å². The summed E-state index contributed by atoms with van der Waals surface area (Å²) >= 11 is 2.93. The van der Waals surface area contributed by atoms with E-state index in [1.165, 1.54) is 0 Å². The van der Waals surface area contributed by atoms with Crippen molar-refractivity contribution in [2.24, 2.45) is 0 Å². The summed E-state index contributed by atoms with van der Waals surface area (Å²) in [7, 11) is 0. The molecule has 1 aromatic heterocycles. The highest BCUT2D eigenvalue weighted by atomic mass is 79.9. The van der Waals surface area contributed by atoms with E-state index in [9.17, 15) is 14.5 Å². The summed E-state index contributed by atoms with van der Waals surface area (Å²) < 4.78 is 15.1. The lowest BCUT2D eigenvalue weighted by molar-refractivity contribution is -0.384. The largest absolute Gasteiger partial charge is 0.379 e. The SMILES string of the molecule is O=[N+]([O-])c1cc(Br)c(F)cc1NCCCn1ccnn1. The van der Waals surface area contributed by atoms with Crippen LogP contribution in [0.5, 0.6) is 0 Å². The first-order valence-electron chi connectivity index (χ1n) is 5.79. The van der Waals surface area contributed by atoms with Crippen LogP contribution in [-0.2, 0) is 6.54 Å². The molecule has 0 unspecified atom stereocenters. The Morgan fingerprint density at radius 3 is 2.95 bits per heavy atom. The molecule has 0 aliphatic rings. The van der Waals surface area contributed by atoms with Crippen LogP contribution in [-0.4, -0.2) is 26.5 Å². The fourth-order valence-corrected chi connectivity index (χ4v) is 1.98. The molecule has 7 nitrogen and oxygen atoms in total. The quantitative estimate of drug-likeness (QED) is 0.495. The monoisotopic (exact) mass is 343 g/mol. The van der Waals surface area contributed by atoms with Gasteiger partial charge in [-0.05, 0) is 22.4 Å². The maximum absolute atomic E-state index is 13.4. The maximum atomic E-state index is 13.4. The lowest BCUT2D eigenvalue weighted by atomic mass is 10.2. The minimum Gasteiger partial charge on any atom is -0.379 e. The van der Waals surface area contributed by atoms with Gasteiger partial charge < -0.3 is 5.32 Å². The number of nitro groups is 1. The second kappa shape index (κ2) is 6.42. The first-order chi connectivity index (χ1) is 9.58. The number of benzene rings is 1. The van der Waals surface area contributed by atoms with E-state index in [0.717, 1.165) is 12.1 Å². The summed E-state index contributed by atoms with van der Waals surface area (Å²) in [6.45, 7) is 1.08. The lowest BCUT2D eigenvalue weighted by Gasteiger charge is -2.08. The van der Waals surface area contributed by atoms with Crippen molar-refractivity contribution in [3.05, 3.63) is 44.9 Å². The molecule has 106 valence electrons. The zero-order valence-corrected chi connectivity index (χ0v) is 11.9. The number of aryl methyl sites for hydroxylation is 1. The first kappa shape index (κ1) is 14.4. The summed E-state index contributed by atoms with van der Waals surface area (Å²) in [4.78, 5) is 10.4. The molecule has 0 radical (unpaired) electrons. The van der Waals surface area contributed by atoms with Crippen molar-refractivity contribution in [1.29, 1.82) is 0 Å². The van der Waals surface area contributed by atoms with Crippen molar-refractivity contribution in [2.75, 3.05) is 11.9 Å². The van der Waals surface area contributed by atoms with Crippen LogP contribution in [0.2, 0.25) is 0 Å². The molecular formula is C11H11BrFN5O2. The van der Waals surface area contributed by atoms with Crippen LogP contribution >= 0.6 is 15.9 Å². The van der Waals surface area contributed by atoms with Crippen LogP contribution in [0.15, 0.2) is 29.0 Å². The number of hydrogen-bond acceptors (Lipinski definition) is 5. The fourth-order valence-electron chi connectivity index (χ4n) is 1.65. The number of rotatable bonds is 6. The van der Waals surface area contributed by atoms with Gasteiger partial charge in [0.05, 0.1) is 15.6 Å². The molecule has 0 saturated heterocycles. The van der Waals surface area contributed by atoms with Gasteiger partial charge in [-0.2, -0.15) is 0 Å². The zero-order valence-electron chi connectivity index (χ0n) is 10.3. The van der Waals surface area contributed by atoms with Crippen molar-refractivity contribution in [3.8, 4) is 0 Å². The number of halogens is 2. The highest BCUT2D eigenvalue weighted by Gasteiger charge is 2.17. The van der Waals surface area contributed by atoms with Gasteiger partial charge in [-0.1, -0.05) is 5.21 Å². The topological polar surface area (TPSA) is 85.9 Å². The average Bonchev–Trinajstić information content (AvgIpc) is 2.91. The molecule has 1 aromatic carbocycles. The van der Waals surface area contributed by atoms with Crippen LogP contribution in [0.25, 0.3) is 0 Å². The molecule has 0 amide bonds. The number of anilines is 1. The summed E-state index contributed by atoms with van der Waals surface area (Å²) in [5.74, 6) is -0.547. The summed E-state index contributed by atoms with van der Waals surface area (Å²) in [5.41, 5.74) is -0.00618. The van der Waals surface area contributed by atoms with Crippen molar-refractivity contribution >= 4 is 27.3 Å². The standard InChI is InChI=1S/C11H11BrFN5O2/c12-8-6-11(18(19)20)10(7-9(8)13)14-2-1-4-17-5-3-15-16-17/h3,5-7,14H,1-2,4H2. The van der Waals surface area contributed by atoms with Gasteiger partial charge >= 0.3 is 0 Å². The van der Waals surface area contributed by atoms with E-state index in [1.54, 1.807) is 17.1 Å². The van der Waals surface area contributed by atoms with Crippen LogP contribution < -0.4 is 5.32 Å². The third-order valence-corrected chi connectivity index (χ3v) is 3.19. The molecule has 0 saturated carbocycles. The Morgan fingerprint density at radius 2 is 2.30 bits per heavy atom. The molecule has 0 bridgehead atoms. The van der Waals surface area contributed by atoms with E-state index in [-0.39, 0.29) is 15.8 Å². The van der Waals surface area contributed by atoms with E-state index in [4.69, 9.17) is 0 Å². The van der Waals surface area contributed by atoms with Gasteiger partial charge in [-0.3, -0.25) is 14.8 Å². The third kappa shape index (κ3) is 3.50. The van der Waals surface area contributed by atoms with Crippen molar-refractivity contribution in [3.63, 3.8) is 0 Å². The number of hydrogen-bond donors (Lipinski definition) is 1. The Balaban J connectivity index is 1.98. The van der Waals surface area contributed by atoms with Gasteiger partial charge in [-0.25, -0.2) is 4.39 Å². The van der Waals surface area contributed by atoms with Gasteiger partial charge in [0.1, 0.15) is 11.5 Å². The lowest BCUT2D eigenvalue weighted by Crippen LogP contribution is -2.09. The molecule has 2 aromatic rings. The van der Waals surface area contributed by atoms with Crippen molar-refractivity contribution in [1.82, 2.24) is 15.0 Å². The van der Waals surface area contributed by atoms with Gasteiger partial charge in [0.2, 0.25) is 0 Å². The van der Waals surface area contributed by atoms with E-state index >= 15 is 0 Å². The number of nitro benzene ring substituents is 1. The Morgan fingerprint density at radius 1 is 1.50 bits per heavy atom. The van der Waals surface area contributed by atoms with E-state index in [2.05, 4.69) is 31.6 Å². The Labute approximate surface area is 122 Å². The molecule has 2 rings (SSSR count). The predicted octanol–water partition coefficient (Wildman–Crippen LogP) is 2.59. The van der Waals surface area contributed by atoms with Crippen LogP contribution in [0.4, 0.5) is 15.8 Å². The van der Waals surface area contributed by atoms with Gasteiger partial charge in [0.15, 0.2) is 0 Å². The van der Waals surface area contributed by atoms with E-state index in [0.29, 0.717) is 19.5 Å². The minimum absolute atomic E-state index is 0.0670. The molecule has 20 heavy (non-hydrogen) atoms. The summed E-state index contributed by atoms with van der Waals surface area (Å²) in [5, 5.41) is 21.2. The summed E-state index contributed by atoms with van der Waals surface area (Å²) in [6.07, 6.45) is 3.97. The van der Waals surface area contributed by atoms with Gasteiger partial charge in [0, 0.05) is 31.4 Å². The fraction of sp³-hybridized carbons (Fsp3) is 0.273. The highest BCUT2D eigenvalue weighted by molar-refractivity contribution is 9.10. The molecule has 0 aliphatic heterocycles. The number of aromatic nitrogens is 3. The Hall–Kier alpha value is -2.03. The third-order valence-electron chi connectivity index (χ3n) is 2.59. The molecule has 0 atom stereocenters. The minimum atomic E-state index is -0.552. The van der Waals surface area contributed by atoms with Gasteiger partial charge in [-0.15, -0.1) is 5.10 Å². The molecule has 0 aliphatic carbocycles. The Bertz CT molecular complexity index is 605. The second-order valence-electron chi connectivity index (χ2n) is 3.99. The van der Waals surface area contributed by atoms with Crippen LogP contribution in [0.3, 0.4) is 0 Å². The Kier molecular flexibility index (Phi) is 4.61. The maximum Gasteiger partial charge on any atom is 0.293 e. The molecule has 1 N–H and O–H groups in total. The van der Waals surface area contributed by atoms with E-state index < -0.39 is 10.7 Å². The predicted molar refractivity (Wildman–Crippen MR) is 73.9 cm³/mol. The number of nitrogens with one attached hydrogen (secondary N) is 1. The van der Waals surface area contributed by atoms with Gasteiger partial charge in [0.25, 0.3) is 5.69 Å². The molecular weight excluding hydrogens is 333 g/mol. The molecule has 0 fully saturated rings. The first-order valence-corrected chi connectivity index (χ1v) is 6.58. The average molecular weight is 344 g/mol. The second-order valence-corrected chi connectivity index (χ2v) is 4.84. The summed E-state index contributed by atoms with van der Waals surface area (Å²) in [6, 6.07) is 2.26. The number of nitrogens with zero attached hydrogens (tertiary/aromatic N) is 4. The van der Waals surface area contributed by atoms with Crippen molar-refractivity contribution in [2.45, 2.75) is 13.0 Å².